The predicted molar refractivity (Wildman–Crippen MR) is 73.6 cm³/mol. The Morgan fingerprint density at radius 1 is 1.11 bits per heavy atom. The van der Waals surface area contributed by atoms with Crippen LogP contribution in [0.2, 0.25) is 5.02 Å². The maximum Gasteiger partial charge on any atom is 0.228 e. The fraction of sp³-hybridized carbons (Fsp3) is 0.0714. The molecule has 0 bridgehead atoms. The number of nitrogens with one attached hydrogen (secondary N) is 1. The number of hydrogen-bond acceptors (Lipinski definition) is 2. The minimum Gasteiger partial charge on any atom is -0.398 e. The number of nitrogen functional groups attached to an aromatic ring is 1. The summed E-state index contributed by atoms with van der Waals surface area (Å²) < 4.78 is 0. The van der Waals surface area contributed by atoms with Crippen LogP contribution in [0, 0.1) is 0 Å². The number of amides is 1. The molecule has 18 heavy (non-hydrogen) atoms. The maximum absolute atomic E-state index is 11.4. The average molecular weight is 259 g/mol. The Hall–Kier alpha value is -2.00. The van der Waals surface area contributed by atoms with Gasteiger partial charge in [0.15, 0.2) is 0 Å². The lowest BCUT2D eigenvalue weighted by Crippen LogP contribution is -2.03. The standard InChI is InChI=1S/C14H11ClN2O/c15-11-4-2-1-3-8(11)9-5-6-12-10(14(9)16)7-13(18)17-12/h1-6H,7,16H2,(H,17,18). The van der Waals surface area contributed by atoms with E-state index in [9.17, 15) is 4.79 Å². The summed E-state index contributed by atoms with van der Waals surface area (Å²) in [6.07, 6.45) is 0.333. The van der Waals surface area contributed by atoms with Gasteiger partial charge in [-0.2, -0.15) is 0 Å². The summed E-state index contributed by atoms with van der Waals surface area (Å²) in [5.41, 5.74) is 10.2. The number of nitrogens with two attached hydrogens (primary N) is 1. The summed E-state index contributed by atoms with van der Waals surface area (Å²) in [5.74, 6) is -0.0204. The molecule has 3 rings (SSSR count). The number of hydrogen-bond donors (Lipinski definition) is 2. The van der Waals surface area contributed by atoms with Crippen LogP contribution < -0.4 is 11.1 Å². The number of benzene rings is 2. The molecule has 2 aromatic rings. The highest BCUT2D eigenvalue weighted by molar-refractivity contribution is 6.33. The lowest BCUT2D eigenvalue weighted by Gasteiger charge is -2.11. The Bertz CT molecular complexity index is 652. The molecular weight excluding hydrogens is 248 g/mol. The van der Waals surface area contributed by atoms with Gasteiger partial charge in [0, 0.05) is 33.1 Å². The number of carbonyl (C=O) groups is 1. The zero-order chi connectivity index (χ0) is 12.7. The van der Waals surface area contributed by atoms with Crippen molar-refractivity contribution in [3.05, 3.63) is 47.0 Å². The van der Waals surface area contributed by atoms with Crippen LogP contribution in [0.15, 0.2) is 36.4 Å². The van der Waals surface area contributed by atoms with E-state index in [1.54, 1.807) is 0 Å². The molecule has 3 nitrogen and oxygen atoms in total. The summed E-state index contributed by atoms with van der Waals surface area (Å²) in [6.45, 7) is 0. The van der Waals surface area contributed by atoms with Crippen LogP contribution in [0.4, 0.5) is 11.4 Å². The molecule has 0 radical (unpaired) electrons. The quantitative estimate of drug-likeness (QED) is 0.773. The fourth-order valence-corrected chi connectivity index (χ4v) is 2.48. The van der Waals surface area contributed by atoms with Crippen molar-refractivity contribution in [1.29, 1.82) is 0 Å². The highest BCUT2D eigenvalue weighted by atomic mass is 35.5. The van der Waals surface area contributed by atoms with Crippen LogP contribution >= 0.6 is 11.6 Å². The van der Waals surface area contributed by atoms with E-state index in [1.807, 2.05) is 36.4 Å². The van der Waals surface area contributed by atoms with Gasteiger partial charge >= 0.3 is 0 Å². The van der Waals surface area contributed by atoms with Gasteiger partial charge in [-0.3, -0.25) is 4.79 Å². The van der Waals surface area contributed by atoms with Gasteiger partial charge in [-0.15, -0.1) is 0 Å². The zero-order valence-electron chi connectivity index (χ0n) is 9.53. The molecular formula is C14H11ClN2O. The molecule has 1 heterocycles. The average Bonchev–Trinajstić information content (AvgIpc) is 2.73. The van der Waals surface area contributed by atoms with E-state index in [0.717, 1.165) is 22.4 Å². The molecule has 2 aromatic carbocycles. The molecule has 0 saturated heterocycles. The molecule has 1 aliphatic rings. The van der Waals surface area contributed by atoms with Crippen LogP contribution in [0.5, 0.6) is 0 Å². The highest BCUT2D eigenvalue weighted by Gasteiger charge is 2.22. The molecule has 0 aliphatic carbocycles. The Kier molecular flexibility index (Phi) is 2.49. The van der Waals surface area contributed by atoms with Crippen LogP contribution in [0.3, 0.4) is 0 Å². The molecule has 4 heteroatoms. The van der Waals surface area contributed by atoms with E-state index in [2.05, 4.69) is 5.32 Å². The van der Waals surface area contributed by atoms with Crippen LogP contribution in [-0.4, -0.2) is 5.91 Å². The van der Waals surface area contributed by atoms with Crippen molar-refractivity contribution in [3.8, 4) is 11.1 Å². The molecule has 0 atom stereocenters. The third kappa shape index (κ3) is 1.64. The Balaban J connectivity index is 2.19. The number of anilines is 2. The molecule has 1 aliphatic heterocycles. The van der Waals surface area contributed by atoms with Gasteiger partial charge in [-0.1, -0.05) is 35.9 Å². The number of rotatable bonds is 1. The summed E-state index contributed by atoms with van der Waals surface area (Å²) in [5, 5.41) is 3.43. The molecule has 0 spiro atoms. The lowest BCUT2D eigenvalue weighted by atomic mass is 9.99. The fourth-order valence-electron chi connectivity index (χ4n) is 2.24. The van der Waals surface area contributed by atoms with Crippen molar-refractivity contribution in [2.24, 2.45) is 0 Å². The van der Waals surface area contributed by atoms with E-state index in [0.29, 0.717) is 17.1 Å². The number of halogens is 1. The summed E-state index contributed by atoms with van der Waals surface area (Å²) in [6, 6.07) is 11.3. The van der Waals surface area contributed by atoms with Crippen LogP contribution in [-0.2, 0) is 11.2 Å². The van der Waals surface area contributed by atoms with Crippen molar-refractivity contribution in [1.82, 2.24) is 0 Å². The van der Waals surface area contributed by atoms with E-state index >= 15 is 0 Å². The van der Waals surface area contributed by atoms with Crippen LogP contribution in [0.1, 0.15) is 5.56 Å². The van der Waals surface area contributed by atoms with Gasteiger partial charge < -0.3 is 11.1 Å². The minimum absolute atomic E-state index is 0.0204. The molecule has 1 amide bonds. The molecule has 3 N–H and O–H groups in total. The van der Waals surface area contributed by atoms with Crippen molar-refractivity contribution in [2.75, 3.05) is 11.1 Å². The molecule has 0 aromatic heterocycles. The van der Waals surface area contributed by atoms with Crippen molar-refractivity contribution in [3.63, 3.8) is 0 Å². The largest absolute Gasteiger partial charge is 0.398 e. The smallest absolute Gasteiger partial charge is 0.228 e. The SMILES string of the molecule is Nc1c(-c2ccccc2Cl)ccc2c1CC(=O)N2. The second-order valence-corrected chi connectivity index (χ2v) is 4.66. The molecule has 0 unspecified atom stereocenters. The third-order valence-corrected chi connectivity index (χ3v) is 3.46. The van der Waals surface area contributed by atoms with E-state index in [-0.39, 0.29) is 5.91 Å². The summed E-state index contributed by atoms with van der Waals surface area (Å²) in [7, 11) is 0. The first-order chi connectivity index (χ1) is 8.66. The van der Waals surface area contributed by atoms with E-state index in [1.165, 1.54) is 0 Å². The maximum atomic E-state index is 11.4. The predicted octanol–water partition coefficient (Wildman–Crippen LogP) is 3.08. The monoisotopic (exact) mass is 258 g/mol. The van der Waals surface area contributed by atoms with Gasteiger partial charge in [0.25, 0.3) is 0 Å². The highest BCUT2D eigenvalue weighted by Crippen LogP contribution is 2.38. The van der Waals surface area contributed by atoms with E-state index in [4.69, 9.17) is 17.3 Å². The van der Waals surface area contributed by atoms with Gasteiger partial charge in [0.1, 0.15) is 0 Å². The Labute approximate surface area is 110 Å². The second kappa shape index (κ2) is 4.03. The van der Waals surface area contributed by atoms with Crippen molar-refractivity contribution >= 4 is 28.9 Å². The minimum atomic E-state index is -0.0204. The summed E-state index contributed by atoms with van der Waals surface area (Å²) >= 11 is 6.17. The van der Waals surface area contributed by atoms with Gasteiger partial charge in [0.2, 0.25) is 5.91 Å². The Morgan fingerprint density at radius 2 is 1.89 bits per heavy atom. The van der Waals surface area contributed by atoms with E-state index < -0.39 is 0 Å². The first-order valence-electron chi connectivity index (χ1n) is 5.63. The number of fused-ring (bicyclic) bond motifs is 1. The molecule has 0 fully saturated rings. The van der Waals surface area contributed by atoms with Gasteiger partial charge in [-0.25, -0.2) is 0 Å². The number of carbonyl (C=O) groups excluding carboxylic acids is 1. The first-order valence-corrected chi connectivity index (χ1v) is 6.00. The van der Waals surface area contributed by atoms with Gasteiger partial charge in [-0.05, 0) is 12.1 Å². The molecule has 90 valence electrons. The normalized spacial score (nSPS) is 13.3. The van der Waals surface area contributed by atoms with Crippen LogP contribution in [0.25, 0.3) is 11.1 Å². The lowest BCUT2D eigenvalue weighted by molar-refractivity contribution is -0.115. The Morgan fingerprint density at radius 3 is 2.67 bits per heavy atom. The van der Waals surface area contributed by atoms with Crippen molar-refractivity contribution < 1.29 is 4.79 Å². The third-order valence-electron chi connectivity index (χ3n) is 3.13. The zero-order valence-corrected chi connectivity index (χ0v) is 10.3. The topological polar surface area (TPSA) is 55.1 Å². The van der Waals surface area contributed by atoms with Gasteiger partial charge in [0.05, 0.1) is 6.42 Å². The second-order valence-electron chi connectivity index (χ2n) is 4.26. The molecule has 0 saturated carbocycles. The first kappa shape index (κ1) is 11.1. The van der Waals surface area contributed by atoms with Crippen molar-refractivity contribution in [2.45, 2.75) is 6.42 Å². The summed E-state index contributed by atoms with van der Waals surface area (Å²) in [4.78, 5) is 11.4.